The van der Waals surface area contributed by atoms with Gasteiger partial charge in [-0.1, -0.05) is 17.7 Å². The van der Waals surface area contributed by atoms with Crippen LogP contribution in [0.5, 0.6) is 28.7 Å². The van der Waals surface area contributed by atoms with Gasteiger partial charge in [0, 0.05) is 11.6 Å². The minimum atomic E-state index is -0.695. The molecule has 0 fully saturated rings. The molecule has 1 heterocycles. The molecule has 0 saturated heterocycles. The zero-order valence-electron chi connectivity index (χ0n) is 15.2. The van der Waals surface area contributed by atoms with Gasteiger partial charge in [0.15, 0.2) is 17.3 Å². The van der Waals surface area contributed by atoms with Crippen LogP contribution in [-0.4, -0.2) is 26.2 Å². The largest absolute Gasteiger partial charge is 0.507 e. The average Bonchev–Trinajstić information content (AvgIpc) is 2.59. The van der Waals surface area contributed by atoms with Crippen LogP contribution in [0.25, 0.3) is 0 Å². The van der Waals surface area contributed by atoms with Crippen LogP contribution in [0, 0.1) is 0 Å². The minimum absolute atomic E-state index is 0.0248. The number of Topliss-reactive ketones (excluding diaryl/α,β-unsaturated/α-hetero) is 1. The standard InChI is InChI=1S/C21H22O6/c1-11(2)4-3-5-13-15(23)9-17(25)20-18(26)10-19(27-21(13)20)12-6-7-14(22)16(24)8-12/h4,6-9,19,22-25H,3,5,10H2,1-2H3/t19-/m0/s1. The highest BCUT2D eigenvalue weighted by molar-refractivity contribution is 6.03. The maximum absolute atomic E-state index is 12.6. The van der Waals surface area contributed by atoms with Crippen LogP contribution in [0.2, 0.25) is 0 Å². The van der Waals surface area contributed by atoms with Crippen LogP contribution in [0.4, 0.5) is 0 Å². The van der Waals surface area contributed by atoms with Crippen molar-refractivity contribution in [2.75, 3.05) is 0 Å². The van der Waals surface area contributed by atoms with Gasteiger partial charge in [-0.2, -0.15) is 0 Å². The second-order valence-corrected chi connectivity index (χ2v) is 6.90. The van der Waals surface area contributed by atoms with Crippen LogP contribution >= 0.6 is 0 Å². The van der Waals surface area contributed by atoms with Gasteiger partial charge in [0.05, 0.1) is 6.42 Å². The molecule has 2 aromatic rings. The number of hydrogen-bond donors (Lipinski definition) is 4. The Labute approximate surface area is 157 Å². The number of allylic oxidation sites excluding steroid dienone is 2. The number of phenolic OH excluding ortho intramolecular Hbond substituents is 4. The van der Waals surface area contributed by atoms with Gasteiger partial charge >= 0.3 is 0 Å². The lowest BCUT2D eigenvalue weighted by atomic mass is 9.92. The van der Waals surface area contributed by atoms with Crippen molar-refractivity contribution < 1.29 is 30.0 Å². The van der Waals surface area contributed by atoms with Crippen molar-refractivity contribution >= 4 is 5.78 Å². The molecule has 2 aromatic carbocycles. The van der Waals surface area contributed by atoms with Gasteiger partial charge < -0.3 is 25.2 Å². The number of benzene rings is 2. The summed E-state index contributed by atoms with van der Waals surface area (Å²) >= 11 is 0. The quantitative estimate of drug-likeness (QED) is 0.476. The minimum Gasteiger partial charge on any atom is -0.507 e. The molecule has 3 rings (SSSR count). The van der Waals surface area contributed by atoms with Gasteiger partial charge in [-0.25, -0.2) is 0 Å². The molecule has 4 N–H and O–H groups in total. The summed E-state index contributed by atoms with van der Waals surface area (Å²) in [6.45, 7) is 3.94. The van der Waals surface area contributed by atoms with E-state index < -0.39 is 6.10 Å². The van der Waals surface area contributed by atoms with E-state index in [1.807, 2.05) is 19.9 Å². The van der Waals surface area contributed by atoms with Crippen molar-refractivity contribution in [2.24, 2.45) is 0 Å². The molecule has 0 spiro atoms. The third-order valence-electron chi connectivity index (χ3n) is 4.57. The number of fused-ring (bicyclic) bond motifs is 1. The lowest BCUT2D eigenvalue weighted by Crippen LogP contribution is -2.21. The number of carbonyl (C=O) groups excluding carboxylic acids is 1. The molecule has 0 aromatic heterocycles. The fraction of sp³-hybridized carbons (Fsp3) is 0.286. The van der Waals surface area contributed by atoms with E-state index in [0.717, 1.165) is 5.57 Å². The summed E-state index contributed by atoms with van der Waals surface area (Å²) in [6, 6.07) is 5.39. The third kappa shape index (κ3) is 3.69. The van der Waals surface area contributed by atoms with Crippen LogP contribution in [0.15, 0.2) is 35.9 Å². The third-order valence-corrected chi connectivity index (χ3v) is 4.57. The number of aromatic hydroxyl groups is 4. The van der Waals surface area contributed by atoms with Gasteiger partial charge in [0.1, 0.15) is 28.9 Å². The van der Waals surface area contributed by atoms with E-state index in [4.69, 9.17) is 4.74 Å². The maximum Gasteiger partial charge on any atom is 0.174 e. The van der Waals surface area contributed by atoms with Crippen LogP contribution in [0.3, 0.4) is 0 Å². The van der Waals surface area contributed by atoms with Crippen molar-refractivity contribution in [1.29, 1.82) is 0 Å². The first kappa shape index (κ1) is 18.6. The molecule has 6 heteroatoms. The van der Waals surface area contributed by atoms with Crippen LogP contribution in [-0.2, 0) is 6.42 Å². The number of hydrogen-bond acceptors (Lipinski definition) is 6. The Morgan fingerprint density at radius 1 is 1.07 bits per heavy atom. The molecule has 1 aliphatic rings. The normalized spacial score (nSPS) is 15.8. The van der Waals surface area contributed by atoms with Crippen molar-refractivity contribution in [3.63, 3.8) is 0 Å². The van der Waals surface area contributed by atoms with Crippen LogP contribution in [0.1, 0.15) is 54.3 Å². The molecular formula is C21H22O6. The summed E-state index contributed by atoms with van der Waals surface area (Å²) in [7, 11) is 0. The monoisotopic (exact) mass is 370 g/mol. The van der Waals surface area contributed by atoms with Crippen molar-refractivity contribution in [3.8, 4) is 28.7 Å². The summed E-state index contributed by atoms with van der Waals surface area (Å²) in [5, 5.41) is 39.6. The molecule has 0 unspecified atom stereocenters. The summed E-state index contributed by atoms with van der Waals surface area (Å²) < 4.78 is 5.98. The molecule has 6 nitrogen and oxygen atoms in total. The number of rotatable bonds is 4. The van der Waals surface area contributed by atoms with Gasteiger partial charge in [0.2, 0.25) is 0 Å². The van der Waals surface area contributed by atoms with E-state index in [1.54, 1.807) is 6.07 Å². The van der Waals surface area contributed by atoms with Gasteiger partial charge in [-0.3, -0.25) is 4.79 Å². The maximum atomic E-state index is 12.6. The Kier molecular flexibility index (Phi) is 4.99. The predicted molar refractivity (Wildman–Crippen MR) is 99.6 cm³/mol. The fourth-order valence-corrected chi connectivity index (χ4v) is 3.20. The fourth-order valence-electron chi connectivity index (χ4n) is 3.20. The first-order valence-corrected chi connectivity index (χ1v) is 8.70. The highest BCUT2D eigenvalue weighted by atomic mass is 16.5. The molecule has 142 valence electrons. The topological polar surface area (TPSA) is 107 Å². The highest BCUT2D eigenvalue weighted by Crippen LogP contribution is 2.46. The Balaban J connectivity index is 2.02. The second-order valence-electron chi connectivity index (χ2n) is 6.90. The summed E-state index contributed by atoms with van der Waals surface area (Å²) in [6.07, 6.45) is 2.39. The van der Waals surface area contributed by atoms with E-state index in [-0.39, 0.29) is 46.5 Å². The lowest BCUT2D eigenvalue weighted by Gasteiger charge is -2.28. The van der Waals surface area contributed by atoms with E-state index in [2.05, 4.69) is 0 Å². The Morgan fingerprint density at radius 3 is 2.48 bits per heavy atom. The van der Waals surface area contributed by atoms with Crippen LogP contribution < -0.4 is 4.74 Å². The first-order chi connectivity index (χ1) is 12.8. The number of ether oxygens (including phenoxy) is 1. The molecule has 0 bridgehead atoms. The summed E-state index contributed by atoms with van der Waals surface area (Å²) in [5.41, 5.74) is 2.18. The zero-order valence-corrected chi connectivity index (χ0v) is 15.2. The molecular weight excluding hydrogens is 348 g/mol. The molecule has 0 aliphatic carbocycles. The zero-order chi connectivity index (χ0) is 19.7. The first-order valence-electron chi connectivity index (χ1n) is 8.70. The number of carbonyl (C=O) groups is 1. The van der Waals surface area contributed by atoms with Gasteiger partial charge in [0.25, 0.3) is 0 Å². The Bertz CT molecular complexity index is 925. The Morgan fingerprint density at radius 2 is 1.81 bits per heavy atom. The van der Waals surface area contributed by atoms with E-state index >= 15 is 0 Å². The SMILES string of the molecule is CC(C)=CCCc1c(O)cc(O)c2c1O[C@H](c1ccc(O)c(O)c1)CC2=O. The average molecular weight is 370 g/mol. The molecule has 0 radical (unpaired) electrons. The second kappa shape index (κ2) is 7.23. The van der Waals surface area contributed by atoms with E-state index in [1.165, 1.54) is 18.2 Å². The highest BCUT2D eigenvalue weighted by Gasteiger charge is 2.33. The van der Waals surface area contributed by atoms with E-state index in [0.29, 0.717) is 24.0 Å². The lowest BCUT2D eigenvalue weighted by molar-refractivity contribution is 0.0841. The molecule has 0 amide bonds. The number of phenols is 4. The van der Waals surface area contributed by atoms with Gasteiger partial charge in [-0.05, 0) is 44.4 Å². The predicted octanol–water partition coefficient (Wildman–Crippen LogP) is 4.11. The summed E-state index contributed by atoms with van der Waals surface area (Å²) in [4.78, 5) is 12.6. The van der Waals surface area contributed by atoms with Crippen molar-refractivity contribution in [2.45, 2.75) is 39.2 Å². The molecule has 1 aliphatic heterocycles. The van der Waals surface area contributed by atoms with Crippen molar-refractivity contribution in [1.82, 2.24) is 0 Å². The Hall–Kier alpha value is -3.15. The summed E-state index contributed by atoms with van der Waals surface area (Å²) in [5.74, 6) is -1.16. The molecule has 0 saturated carbocycles. The van der Waals surface area contributed by atoms with E-state index in [9.17, 15) is 25.2 Å². The van der Waals surface area contributed by atoms with Gasteiger partial charge in [-0.15, -0.1) is 0 Å². The smallest absolute Gasteiger partial charge is 0.174 e. The van der Waals surface area contributed by atoms with Crippen molar-refractivity contribution in [3.05, 3.63) is 52.6 Å². The molecule has 1 atom stereocenters. The molecule has 27 heavy (non-hydrogen) atoms. The number of ketones is 1.